The van der Waals surface area contributed by atoms with Crippen LogP contribution in [0.15, 0.2) is 11.3 Å². The van der Waals surface area contributed by atoms with Crippen molar-refractivity contribution in [1.29, 1.82) is 5.26 Å². The lowest BCUT2D eigenvalue weighted by Gasteiger charge is -2.34. The van der Waals surface area contributed by atoms with Crippen molar-refractivity contribution in [3.05, 3.63) is 11.3 Å². The van der Waals surface area contributed by atoms with Crippen LogP contribution in [0.1, 0.15) is 46.0 Å². The number of hydrogen-bond acceptors (Lipinski definition) is 2. The average molecular weight is 178 g/mol. The fourth-order valence-corrected chi connectivity index (χ4v) is 2.11. The number of nitrogens with zero attached hydrogens (tertiary/aromatic N) is 1. The summed E-state index contributed by atoms with van der Waals surface area (Å²) in [4.78, 5) is 0. The first-order valence-corrected chi connectivity index (χ1v) is 4.97. The lowest BCUT2D eigenvalue weighted by molar-refractivity contribution is 0.263. The van der Waals surface area contributed by atoms with E-state index in [0.29, 0.717) is 5.57 Å². The summed E-state index contributed by atoms with van der Waals surface area (Å²) in [5.74, 6) is 0. The molecule has 0 saturated heterocycles. The predicted octanol–water partition coefficient (Wildman–Crippen LogP) is 2.71. The molecular weight excluding hydrogens is 160 g/mol. The molecular formula is C11H18N2. The fourth-order valence-electron chi connectivity index (χ4n) is 2.11. The lowest BCUT2D eigenvalue weighted by atomic mass is 9.72. The van der Waals surface area contributed by atoms with Crippen LogP contribution in [0.4, 0.5) is 0 Å². The molecule has 0 aromatic carbocycles. The molecule has 1 saturated carbocycles. The number of allylic oxidation sites excluding steroid dienone is 2. The Morgan fingerprint density at radius 3 is 2.31 bits per heavy atom. The number of nitriles is 1. The molecule has 0 radical (unpaired) electrons. The molecule has 2 nitrogen and oxygen atoms in total. The second-order valence-electron chi connectivity index (χ2n) is 4.27. The molecule has 1 aliphatic rings. The van der Waals surface area contributed by atoms with Crippen molar-refractivity contribution < 1.29 is 0 Å². The van der Waals surface area contributed by atoms with Gasteiger partial charge in [0, 0.05) is 16.7 Å². The molecule has 1 aliphatic carbocycles. The Bertz CT molecular complexity index is 252. The zero-order valence-electron chi connectivity index (χ0n) is 8.56. The second kappa shape index (κ2) is 3.83. The van der Waals surface area contributed by atoms with Crippen LogP contribution in [0.3, 0.4) is 0 Å². The van der Waals surface area contributed by atoms with Gasteiger partial charge in [-0.25, -0.2) is 0 Å². The van der Waals surface area contributed by atoms with E-state index in [1.54, 1.807) is 0 Å². The van der Waals surface area contributed by atoms with E-state index in [1.165, 1.54) is 19.3 Å². The summed E-state index contributed by atoms with van der Waals surface area (Å²) in [5.41, 5.74) is 7.60. The first-order valence-electron chi connectivity index (χ1n) is 4.97. The van der Waals surface area contributed by atoms with Gasteiger partial charge in [0.25, 0.3) is 0 Å². The van der Waals surface area contributed by atoms with Crippen molar-refractivity contribution in [2.45, 2.75) is 46.0 Å². The van der Waals surface area contributed by atoms with Gasteiger partial charge < -0.3 is 5.73 Å². The summed E-state index contributed by atoms with van der Waals surface area (Å²) in [6, 6.07) is 2.14. The third kappa shape index (κ3) is 2.03. The maximum Gasteiger partial charge on any atom is 0.0962 e. The first-order chi connectivity index (χ1) is 6.10. The van der Waals surface area contributed by atoms with E-state index in [4.69, 9.17) is 11.0 Å². The monoisotopic (exact) mass is 178 g/mol. The normalized spacial score (nSPS) is 23.2. The highest BCUT2D eigenvalue weighted by Crippen LogP contribution is 2.40. The Labute approximate surface area is 80.4 Å². The molecule has 0 unspecified atom stereocenters. The molecule has 2 heteroatoms. The van der Waals surface area contributed by atoms with Crippen LogP contribution in [0.2, 0.25) is 0 Å². The van der Waals surface area contributed by atoms with Gasteiger partial charge >= 0.3 is 0 Å². The van der Waals surface area contributed by atoms with E-state index in [2.05, 4.69) is 13.0 Å². The zero-order chi connectivity index (χ0) is 9.90. The Morgan fingerprint density at radius 2 is 1.85 bits per heavy atom. The van der Waals surface area contributed by atoms with Crippen LogP contribution in [0.25, 0.3) is 0 Å². The molecule has 1 rings (SSSR count). The maximum absolute atomic E-state index is 8.76. The molecule has 0 atom stereocenters. The van der Waals surface area contributed by atoms with Crippen molar-refractivity contribution in [1.82, 2.24) is 0 Å². The SMILES string of the molecule is C/C(C#N)=C(/N)C1(C)CCCCC1. The summed E-state index contributed by atoms with van der Waals surface area (Å²) < 4.78 is 0. The topological polar surface area (TPSA) is 49.8 Å². The van der Waals surface area contributed by atoms with Crippen LogP contribution >= 0.6 is 0 Å². The zero-order valence-corrected chi connectivity index (χ0v) is 8.56. The van der Waals surface area contributed by atoms with Gasteiger partial charge in [-0.2, -0.15) is 5.26 Å². The van der Waals surface area contributed by atoms with E-state index < -0.39 is 0 Å². The minimum Gasteiger partial charge on any atom is -0.401 e. The Balaban J connectivity index is 2.86. The van der Waals surface area contributed by atoms with Gasteiger partial charge in [-0.3, -0.25) is 0 Å². The molecule has 0 amide bonds. The number of hydrogen-bond donors (Lipinski definition) is 1. The van der Waals surface area contributed by atoms with Crippen LogP contribution in [0, 0.1) is 16.7 Å². The summed E-state index contributed by atoms with van der Waals surface area (Å²) in [6.07, 6.45) is 6.08. The van der Waals surface area contributed by atoms with Crippen LogP contribution in [-0.4, -0.2) is 0 Å². The standard InChI is InChI=1S/C11H18N2/c1-9(8-12)10(13)11(2)6-4-3-5-7-11/h3-7,13H2,1-2H3/b10-9-. The highest BCUT2D eigenvalue weighted by molar-refractivity contribution is 5.28. The lowest BCUT2D eigenvalue weighted by Crippen LogP contribution is -2.28. The average Bonchev–Trinajstić information content (AvgIpc) is 2.16. The Kier molecular flexibility index (Phi) is 2.98. The van der Waals surface area contributed by atoms with Crippen LogP contribution in [0.5, 0.6) is 0 Å². The van der Waals surface area contributed by atoms with Gasteiger partial charge in [-0.1, -0.05) is 26.2 Å². The van der Waals surface area contributed by atoms with Gasteiger partial charge in [0.05, 0.1) is 6.07 Å². The summed E-state index contributed by atoms with van der Waals surface area (Å²) in [7, 11) is 0. The second-order valence-corrected chi connectivity index (χ2v) is 4.27. The van der Waals surface area contributed by atoms with E-state index in [1.807, 2.05) is 6.92 Å². The molecule has 0 aromatic heterocycles. The Hall–Kier alpha value is -0.970. The van der Waals surface area contributed by atoms with Crippen LogP contribution in [-0.2, 0) is 0 Å². The van der Waals surface area contributed by atoms with E-state index in [9.17, 15) is 0 Å². The van der Waals surface area contributed by atoms with Gasteiger partial charge in [0.15, 0.2) is 0 Å². The minimum atomic E-state index is 0.0953. The summed E-state index contributed by atoms with van der Waals surface area (Å²) in [5, 5.41) is 8.76. The molecule has 2 N–H and O–H groups in total. The van der Waals surface area contributed by atoms with Crippen LogP contribution < -0.4 is 5.73 Å². The van der Waals surface area contributed by atoms with Gasteiger partial charge in [0.1, 0.15) is 0 Å². The number of nitrogens with two attached hydrogens (primary N) is 1. The quantitative estimate of drug-likeness (QED) is 0.627. The summed E-state index contributed by atoms with van der Waals surface area (Å²) >= 11 is 0. The molecule has 13 heavy (non-hydrogen) atoms. The van der Waals surface area contributed by atoms with E-state index in [-0.39, 0.29) is 5.41 Å². The molecule has 0 bridgehead atoms. The molecule has 0 spiro atoms. The van der Waals surface area contributed by atoms with Crippen molar-refractivity contribution in [3.8, 4) is 6.07 Å². The highest BCUT2D eigenvalue weighted by Gasteiger charge is 2.30. The van der Waals surface area contributed by atoms with Crippen molar-refractivity contribution >= 4 is 0 Å². The highest BCUT2D eigenvalue weighted by atomic mass is 14.6. The van der Waals surface area contributed by atoms with Crippen molar-refractivity contribution in [2.24, 2.45) is 11.1 Å². The third-order valence-corrected chi connectivity index (χ3v) is 3.18. The largest absolute Gasteiger partial charge is 0.401 e. The molecule has 0 aromatic rings. The first kappa shape index (κ1) is 10.1. The molecule has 1 fully saturated rings. The van der Waals surface area contributed by atoms with E-state index in [0.717, 1.165) is 18.5 Å². The van der Waals surface area contributed by atoms with Gasteiger partial charge in [0.2, 0.25) is 0 Å². The number of rotatable bonds is 1. The smallest absolute Gasteiger partial charge is 0.0962 e. The maximum atomic E-state index is 8.76. The fraction of sp³-hybridized carbons (Fsp3) is 0.727. The summed E-state index contributed by atoms with van der Waals surface area (Å²) in [6.45, 7) is 4.00. The van der Waals surface area contributed by atoms with Gasteiger partial charge in [-0.05, 0) is 19.8 Å². The molecule has 0 heterocycles. The molecule has 72 valence electrons. The molecule has 0 aliphatic heterocycles. The third-order valence-electron chi connectivity index (χ3n) is 3.18. The predicted molar refractivity (Wildman–Crippen MR) is 53.7 cm³/mol. The van der Waals surface area contributed by atoms with Crippen molar-refractivity contribution in [3.63, 3.8) is 0 Å². The van der Waals surface area contributed by atoms with Crippen molar-refractivity contribution in [2.75, 3.05) is 0 Å². The Morgan fingerprint density at radius 1 is 1.31 bits per heavy atom. The minimum absolute atomic E-state index is 0.0953. The van der Waals surface area contributed by atoms with E-state index >= 15 is 0 Å². The van der Waals surface area contributed by atoms with Gasteiger partial charge in [-0.15, -0.1) is 0 Å².